The molecule has 0 N–H and O–H groups in total. The molecule has 0 amide bonds. The Kier molecular flexibility index (Phi) is 3.94. The summed E-state index contributed by atoms with van der Waals surface area (Å²) in [7, 11) is 0. The van der Waals surface area contributed by atoms with E-state index in [0.717, 1.165) is 30.8 Å². The van der Waals surface area contributed by atoms with Crippen LogP contribution < -0.4 is 4.90 Å². The van der Waals surface area contributed by atoms with Gasteiger partial charge < -0.3 is 4.90 Å². The van der Waals surface area contributed by atoms with Crippen molar-refractivity contribution in [2.45, 2.75) is 32.2 Å². The molecule has 1 atom stereocenters. The Balaban J connectivity index is 1.83. The summed E-state index contributed by atoms with van der Waals surface area (Å²) >= 11 is 0. The molecule has 1 unspecified atom stereocenters. The molecule has 2 fully saturated rings. The van der Waals surface area contributed by atoms with Gasteiger partial charge in [0.25, 0.3) is 0 Å². The standard InChI is InChI=1S/C17H21N3O/c1-13(21)16-5-4-14(11-18)10-17(16)20-9-6-15(12-20)19-7-2-3-8-19/h4-5,10,15H,2-3,6-9,12H2,1H3. The predicted octanol–water partition coefficient (Wildman–Crippen LogP) is 2.44. The van der Waals surface area contributed by atoms with Crippen molar-refractivity contribution in [1.29, 1.82) is 5.26 Å². The minimum Gasteiger partial charge on any atom is -0.369 e. The number of rotatable bonds is 3. The van der Waals surface area contributed by atoms with Crippen molar-refractivity contribution in [3.8, 4) is 6.07 Å². The first-order valence-electron chi connectivity index (χ1n) is 7.73. The number of hydrogen-bond donors (Lipinski definition) is 0. The molecule has 0 spiro atoms. The minimum atomic E-state index is 0.0686. The van der Waals surface area contributed by atoms with E-state index in [2.05, 4.69) is 15.9 Å². The molecule has 0 aromatic heterocycles. The molecule has 0 radical (unpaired) electrons. The van der Waals surface area contributed by atoms with Gasteiger partial charge in [0.05, 0.1) is 11.6 Å². The third kappa shape index (κ3) is 2.79. The lowest BCUT2D eigenvalue weighted by Gasteiger charge is -2.25. The highest BCUT2D eigenvalue weighted by Crippen LogP contribution is 2.29. The maximum atomic E-state index is 11.8. The van der Waals surface area contributed by atoms with Crippen molar-refractivity contribution in [2.24, 2.45) is 0 Å². The molecule has 2 aliphatic heterocycles. The van der Waals surface area contributed by atoms with Crippen LogP contribution in [-0.2, 0) is 0 Å². The Morgan fingerprint density at radius 1 is 1.29 bits per heavy atom. The molecule has 4 heteroatoms. The fourth-order valence-corrected chi connectivity index (χ4v) is 3.53. The van der Waals surface area contributed by atoms with Gasteiger partial charge in [0, 0.05) is 30.4 Å². The number of nitriles is 1. The van der Waals surface area contributed by atoms with E-state index in [0.29, 0.717) is 11.6 Å². The molecule has 2 heterocycles. The van der Waals surface area contributed by atoms with Gasteiger partial charge in [-0.1, -0.05) is 0 Å². The van der Waals surface area contributed by atoms with Gasteiger partial charge >= 0.3 is 0 Å². The van der Waals surface area contributed by atoms with Crippen LogP contribution in [0.15, 0.2) is 18.2 Å². The van der Waals surface area contributed by atoms with Gasteiger partial charge in [0.1, 0.15) is 0 Å². The van der Waals surface area contributed by atoms with Crippen LogP contribution in [0.2, 0.25) is 0 Å². The largest absolute Gasteiger partial charge is 0.369 e. The number of carbonyl (C=O) groups excluding carboxylic acids is 1. The summed E-state index contributed by atoms with van der Waals surface area (Å²) in [6.07, 6.45) is 3.76. The molecular weight excluding hydrogens is 262 g/mol. The number of carbonyl (C=O) groups is 1. The third-order valence-electron chi connectivity index (χ3n) is 4.67. The zero-order chi connectivity index (χ0) is 14.8. The van der Waals surface area contributed by atoms with Crippen molar-refractivity contribution in [3.05, 3.63) is 29.3 Å². The van der Waals surface area contributed by atoms with E-state index >= 15 is 0 Å². The average molecular weight is 283 g/mol. The summed E-state index contributed by atoms with van der Waals surface area (Å²) in [6.45, 7) is 5.94. The van der Waals surface area contributed by atoms with E-state index in [1.165, 1.54) is 25.9 Å². The lowest BCUT2D eigenvalue weighted by molar-refractivity contribution is 0.101. The van der Waals surface area contributed by atoms with E-state index < -0.39 is 0 Å². The molecular formula is C17H21N3O. The highest BCUT2D eigenvalue weighted by molar-refractivity contribution is 6.00. The molecule has 0 bridgehead atoms. The fourth-order valence-electron chi connectivity index (χ4n) is 3.53. The van der Waals surface area contributed by atoms with Gasteiger partial charge in [-0.25, -0.2) is 0 Å². The molecule has 2 aliphatic rings. The Labute approximate surface area is 126 Å². The minimum absolute atomic E-state index is 0.0686. The third-order valence-corrected chi connectivity index (χ3v) is 4.67. The number of Topliss-reactive ketones (excluding diaryl/α,β-unsaturated/α-hetero) is 1. The Bertz CT molecular complexity index is 584. The van der Waals surface area contributed by atoms with Crippen molar-refractivity contribution in [1.82, 2.24) is 4.90 Å². The van der Waals surface area contributed by atoms with Crippen LogP contribution in [0.3, 0.4) is 0 Å². The highest BCUT2D eigenvalue weighted by atomic mass is 16.1. The Morgan fingerprint density at radius 2 is 2.05 bits per heavy atom. The van der Waals surface area contributed by atoms with E-state index in [4.69, 9.17) is 5.26 Å². The predicted molar refractivity (Wildman–Crippen MR) is 82.6 cm³/mol. The van der Waals surface area contributed by atoms with Crippen molar-refractivity contribution in [3.63, 3.8) is 0 Å². The maximum absolute atomic E-state index is 11.8. The van der Waals surface area contributed by atoms with Crippen LogP contribution >= 0.6 is 0 Å². The number of likely N-dealkylation sites (tertiary alicyclic amines) is 1. The topological polar surface area (TPSA) is 47.3 Å². The first kappa shape index (κ1) is 14.1. The van der Waals surface area contributed by atoms with Crippen LogP contribution in [0.5, 0.6) is 0 Å². The van der Waals surface area contributed by atoms with Crippen LogP contribution in [0.4, 0.5) is 5.69 Å². The summed E-state index contributed by atoms with van der Waals surface area (Å²) in [4.78, 5) is 16.7. The summed E-state index contributed by atoms with van der Waals surface area (Å²) in [6, 6.07) is 8.16. The Hall–Kier alpha value is -1.86. The Morgan fingerprint density at radius 3 is 2.71 bits per heavy atom. The van der Waals surface area contributed by atoms with E-state index in [9.17, 15) is 4.79 Å². The molecule has 1 aromatic carbocycles. The molecule has 1 aromatic rings. The maximum Gasteiger partial charge on any atom is 0.161 e. The van der Waals surface area contributed by atoms with Crippen molar-refractivity contribution in [2.75, 3.05) is 31.1 Å². The van der Waals surface area contributed by atoms with Gasteiger partial charge in [-0.15, -0.1) is 0 Å². The van der Waals surface area contributed by atoms with Crippen LogP contribution in [0.25, 0.3) is 0 Å². The van der Waals surface area contributed by atoms with E-state index in [1.54, 1.807) is 19.1 Å². The smallest absolute Gasteiger partial charge is 0.161 e. The van der Waals surface area contributed by atoms with Crippen LogP contribution in [-0.4, -0.2) is 42.9 Å². The molecule has 4 nitrogen and oxygen atoms in total. The van der Waals surface area contributed by atoms with Crippen LogP contribution in [0, 0.1) is 11.3 Å². The van der Waals surface area contributed by atoms with E-state index in [-0.39, 0.29) is 5.78 Å². The normalized spacial score (nSPS) is 22.5. The lowest BCUT2D eigenvalue weighted by atomic mass is 10.1. The number of nitrogens with zero attached hydrogens (tertiary/aromatic N) is 3. The lowest BCUT2D eigenvalue weighted by Crippen LogP contribution is -2.35. The molecule has 110 valence electrons. The summed E-state index contributed by atoms with van der Waals surface area (Å²) in [5.41, 5.74) is 2.29. The van der Waals surface area contributed by atoms with Crippen LogP contribution in [0.1, 0.15) is 42.1 Å². The highest BCUT2D eigenvalue weighted by Gasteiger charge is 2.30. The van der Waals surface area contributed by atoms with Gasteiger partial charge in [-0.3, -0.25) is 9.69 Å². The monoisotopic (exact) mass is 283 g/mol. The number of anilines is 1. The number of hydrogen-bond acceptors (Lipinski definition) is 4. The van der Waals surface area contributed by atoms with Gasteiger partial charge in [-0.2, -0.15) is 5.26 Å². The fraction of sp³-hybridized carbons (Fsp3) is 0.529. The number of ketones is 1. The summed E-state index contributed by atoms with van der Waals surface area (Å²) < 4.78 is 0. The molecule has 2 saturated heterocycles. The van der Waals surface area contributed by atoms with Gasteiger partial charge in [0.15, 0.2) is 5.78 Å². The summed E-state index contributed by atoms with van der Waals surface area (Å²) in [5.74, 6) is 0.0686. The molecule has 3 rings (SSSR count). The first-order valence-corrected chi connectivity index (χ1v) is 7.73. The molecule has 0 aliphatic carbocycles. The first-order chi connectivity index (χ1) is 10.2. The zero-order valence-corrected chi connectivity index (χ0v) is 12.5. The van der Waals surface area contributed by atoms with Crippen molar-refractivity contribution < 1.29 is 4.79 Å². The zero-order valence-electron chi connectivity index (χ0n) is 12.5. The van der Waals surface area contributed by atoms with E-state index in [1.807, 2.05) is 6.07 Å². The second-order valence-corrected chi connectivity index (χ2v) is 6.03. The van der Waals surface area contributed by atoms with Gasteiger partial charge in [0.2, 0.25) is 0 Å². The molecule has 0 saturated carbocycles. The molecule has 21 heavy (non-hydrogen) atoms. The second kappa shape index (κ2) is 5.87. The SMILES string of the molecule is CC(=O)c1ccc(C#N)cc1N1CCC(N2CCCC2)C1. The second-order valence-electron chi connectivity index (χ2n) is 6.03. The van der Waals surface area contributed by atoms with Gasteiger partial charge in [-0.05, 0) is 57.5 Å². The van der Waals surface area contributed by atoms with Crippen molar-refractivity contribution >= 4 is 11.5 Å². The quantitative estimate of drug-likeness (QED) is 0.799. The summed E-state index contributed by atoms with van der Waals surface area (Å²) in [5, 5.41) is 9.10. The average Bonchev–Trinajstić information content (AvgIpc) is 3.17. The number of benzene rings is 1.